The van der Waals surface area contributed by atoms with Gasteiger partial charge in [-0.25, -0.2) is 4.79 Å². The Hall–Kier alpha value is -2.68. The summed E-state index contributed by atoms with van der Waals surface area (Å²) in [7, 11) is 1.61. The molecule has 1 aromatic heterocycles. The molecule has 1 saturated heterocycles. The van der Waals surface area contributed by atoms with Crippen molar-refractivity contribution >= 4 is 28.7 Å². The zero-order valence-corrected chi connectivity index (χ0v) is 17.9. The zero-order valence-electron chi connectivity index (χ0n) is 17.1. The first-order valence-corrected chi connectivity index (χ1v) is 10.3. The van der Waals surface area contributed by atoms with Gasteiger partial charge in [0.2, 0.25) is 11.0 Å². The Bertz CT molecular complexity index is 860. The van der Waals surface area contributed by atoms with E-state index in [0.717, 1.165) is 35.7 Å². The van der Waals surface area contributed by atoms with Crippen molar-refractivity contribution in [1.29, 1.82) is 0 Å². The molecule has 9 heteroatoms. The molecule has 1 fully saturated rings. The topological polar surface area (TPSA) is 93.7 Å². The lowest BCUT2D eigenvalue weighted by Crippen LogP contribution is -2.51. The number of nitrogens with zero attached hydrogens (tertiary/aromatic N) is 3. The Morgan fingerprint density at radius 3 is 2.59 bits per heavy atom. The molecule has 0 aliphatic carbocycles. The van der Waals surface area contributed by atoms with E-state index >= 15 is 0 Å². The van der Waals surface area contributed by atoms with Crippen LogP contribution in [0, 0.1) is 0 Å². The third-order valence-corrected chi connectivity index (χ3v) is 5.07. The third kappa shape index (κ3) is 5.44. The average Bonchev–Trinajstić information content (AvgIpc) is 3.15. The number of rotatable bonds is 4. The van der Waals surface area contributed by atoms with E-state index in [1.807, 2.05) is 45.0 Å². The molecule has 0 spiro atoms. The maximum absolute atomic E-state index is 12.8. The number of aromatic nitrogens is 2. The Labute approximate surface area is 174 Å². The number of carbonyl (C=O) groups is 2. The molecule has 1 aliphatic rings. The summed E-state index contributed by atoms with van der Waals surface area (Å²) in [5, 5.41) is 3.20. The van der Waals surface area contributed by atoms with Gasteiger partial charge in [0.25, 0.3) is 0 Å². The molecule has 0 saturated carbocycles. The van der Waals surface area contributed by atoms with Gasteiger partial charge in [0.1, 0.15) is 17.4 Å². The van der Waals surface area contributed by atoms with Gasteiger partial charge in [-0.2, -0.15) is 9.36 Å². The average molecular weight is 419 g/mol. The summed E-state index contributed by atoms with van der Waals surface area (Å²) in [6.45, 7) is 5.93. The Kier molecular flexibility index (Phi) is 6.36. The first-order chi connectivity index (χ1) is 13.8. The predicted octanol–water partition coefficient (Wildman–Crippen LogP) is 3.94. The summed E-state index contributed by atoms with van der Waals surface area (Å²) in [4.78, 5) is 31.3. The van der Waals surface area contributed by atoms with Crippen LogP contribution < -0.4 is 10.1 Å². The number of ether oxygens (including phenoxy) is 2. The van der Waals surface area contributed by atoms with Crippen molar-refractivity contribution < 1.29 is 19.1 Å². The molecule has 2 aromatic rings. The molecule has 2 amide bonds. The Morgan fingerprint density at radius 1 is 1.21 bits per heavy atom. The maximum atomic E-state index is 12.8. The van der Waals surface area contributed by atoms with Gasteiger partial charge in [0, 0.05) is 23.6 Å². The molecule has 29 heavy (non-hydrogen) atoms. The van der Waals surface area contributed by atoms with Crippen LogP contribution in [0.3, 0.4) is 0 Å². The van der Waals surface area contributed by atoms with Crippen molar-refractivity contribution in [2.75, 3.05) is 19.0 Å². The van der Waals surface area contributed by atoms with E-state index in [2.05, 4.69) is 14.7 Å². The minimum absolute atomic E-state index is 0.270. The number of nitrogens with one attached hydrogen (secondary N) is 1. The standard InChI is InChI=1S/C20H26N4O4S/c1-20(2,3)28-19(26)24-12-6-5-7-15(24)17(25)22-18-21-16(23-29-18)13-8-10-14(27-4)11-9-13/h8-11,15H,5-7,12H2,1-4H3,(H,21,22,23,25)/t15-/m0/s1. The quantitative estimate of drug-likeness (QED) is 0.808. The summed E-state index contributed by atoms with van der Waals surface area (Å²) in [5.74, 6) is 1.01. The summed E-state index contributed by atoms with van der Waals surface area (Å²) in [6.07, 6.45) is 1.86. The van der Waals surface area contributed by atoms with Gasteiger partial charge in [0.05, 0.1) is 7.11 Å². The fourth-order valence-electron chi connectivity index (χ4n) is 3.06. The van der Waals surface area contributed by atoms with Crippen LogP contribution in [-0.4, -0.2) is 51.6 Å². The molecule has 1 aromatic carbocycles. The first-order valence-electron chi connectivity index (χ1n) is 9.55. The van der Waals surface area contributed by atoms with E-state index in [1.54, 1.807) is 7.11 Å². The molecular formula is C20H26N4O4S. The Balaban J connectivity index is 1.68. The largest absolute Gasteiger partial charge is 0.497 e. The molecule has 0 unspecified atom stereocenters. The third-order valence-electron chi connectivity index (χ3n) is 4.44. The van der Waals surface area contributed by atoms with Crippen LogP contribution in [0.1, 0.15) is 40.0 Å². The monoisotopic (exact) mass is 418 g/mol. The van der Waals surface area contributed by atoms with Crippen LogP contribution >= 0.6 is 11.5 Å². The second-order valence-corrected chi connectivity index (χ2v) is 8.58. The number of amides is 2. The predicted molar refractivity (Wildman–Crippen MR) is 111 cm³/mol. The molecule has 0 radical (unpaired) electrons. The van der Waals surface area contributed by atoms with Gasteiger partial charge in [-0.15, -0.1) is 0 Å². The Morgan fingerprint density at radius 2 is 1.93 bits per heavy atom. The van der Waals surface area contributed by atoms with Crippen molar-refractivity contribution in [2.24, 2.45) is 0 Å². The normalized spacial score (nSPS) is 17.0. The van der Waals surface area contributed by atoms with E-state index in [0.29, 0.717) is 23.9 Å². The molecule has 2 heterocycles. The minimum Gasteiger partial charge on any atom is -0.497 e. The molecule has 1 aliphatic heterocycles. The van der Waals surface area contributed by atoms with Gasteiger partial charge in [-0.05, 0) is 64.3 Å². The number of anilines is 1. The van der Waals surface area contributed by atoms with Crippen LogP contribution in [0.15, 0.2) is 24.3 Å². The number of hydrogen-bond donors (Lipinski definition) is 1. The maximum Gasteiger partial charge on any atom is 0.410 e. The van der Waals surface area contributed by atoms with Crippen molar-refractivity contribution in [3.8, 4) is 17.1 Å². The van der Waals surface area contributed by atoms with Crippen LogP contribution in [-0.2, 0) is 9.53 Å². The van der Waals surface area contributed by atoms with Gasteiger partial charge >= 0.3 is 6.09 Å². The number of likely N-dealkylation sites (tertiary alicyclic amines) is 1. The lowest BCUT2D eigenvalue weighted by atomic mass is 10.0. The van der Waals surface area contributed by atoms with Crippen LogP contribution in [0.25, 0.3) is 11.4 Å². The number of hydrogen-bond acceptors (Lipinski definition) is 7. The van der Waals surface area contributed by atoms with E-state index in [9.17, 15) is 9.59 Å². The van der Waals surface area contributed by atoms with E-state index in [-0.39, 0.29) is 5.91 Å². The van der Waals surface area contributed by atoms with Crippen LogP contribution in [0.4, 0.5) is 9.93 Å². The molecule has 8 nitrogen and oxygen atoms in total. The van der Waals surface area contributed by atoms with Gasteiger partial charge in [-0.3, -0.25) is 15.0 Å². The highest BCUT2D eigenvalue weighted by molar-refractivity contribution is 7.10. The van der Waals surface area contributed by atoms with Gasteiger partial charge in [-0.1, -0.05) is 0 Å². The number of piperidine rings is 1. The van der Waals surface area contributed by atoms with Crippen LogP contribution in [0.2, 0.25) is 0 Å². The highest BCUT2D eigenvalue weighted by atomic mass is 32.1. The van der Waals surface area contributed by atoms with Crippen molar-refractivity contribution in [1.82, 2.24) is 14.3 Å². The van der Waals surface area contributed by atoms with Gasteiger partial charge in [0.15, 0.2) is 5.82 Å². The highest BCUT2D eigenvalue weighted by Crippen LogP contribution is 2.25. The molecule has 156 valence electrons. The molecule has 0 bridgehead atoms. The SMILES string of the molecule is COc1ccc(-c2nsc(NC(=O)[C@@H]3CCCCN3C(=O)OC(C)(C)C)n2)cc1. The number of methoxy groups -OCH3 is 1. The van der Waals surface area contributed by atoms with E-state index in [4.69, 9.17) is 9.47 Å². The number of benzene rings is 1. The first kappa shape index (κ1) is 21.0. The minimum atomic E-state index is -0.609. The molecule has 1 atom stereocenters. The number of carbonyl (C=O) groups excluding carboxylic acids is 2. The summed E-state index contributed by atoms with van der Waals surface area (Å²) in [5.41, 5.74) is 0.220. The molecule has 3 rings (SSSR count). The van der Waals surface area contributed by atoms with Crippen molar-refractivity contribution in [3.05, 3.63) is 24.3 Å². The summed E-state index contributed by atoms with van der Waals surface area (Å²) in [6, 6.07) is 6.80. The summed E-state index contributed by atoms with van der Waals surface area (Å²) >= 11 is 1.11. The highest BCUT2D eigenvalue weighted by Gasteiger charge is 2.35. The second-order valence-electron chi connectivity index (χ2n) is 7.83. The van der Waals surface area contributed by atoms with Crippen molar-refractivity contribution in [2.45, 2.75) is 51.7 Å². The van der Waals surface area contributed by atoms with E-state index < -0.39 is 17.7 Å². The second kappa shape index (κ2) is 8.77. The zero-order chi connectivity index (χ0) is 21.0. The van der Waals surface area contributed by atoms with E-state index in [1.165, 1.54) is 4.90 Å². The summed E-state index contributed by atoms with van der Waals surface area (Å²) < 4.78 is 14.9. The lowest BCUT2D eigenvalue weighted by Gasteiger charge is -2.35. The van der Waals surface area contributed by atoms with Crippen molar-refractivity contribution in [3.63, 3.8) is 0 Å². The molecular weight excluding hydrogens is 392 g/mol. The van der Waals surface area contributed by atoms with Crippen LogP contribution in [0.5, 0.6) is 5.75 Å². The smallest absolute Gasteiger partial charge is 0.410 e. The lowest BCUT2D eigenvalue weighted by molar-refractivity contribution is -0.122. The van der Waals surface area contributed by atoms with Gasteiger partial charge < -0.3 is 9.47 Å². The molecule has 1 N–H and O–H groups in total. The fourth-order valence-corrected chi connectivity index (χ4v) is 3.66. The fraction of sp³-hybridized carbons (Fsp3) is 0.500.